The van der Waals surface area contributed by atoms with Gasteiger partial charge in [-0.1, -0.05) is 30.3 Å². The molecule has 1 aliphatic heterocycles. The number of benzene rings is 1. The standard InChI is InChI=1S/C20H27N3O/c1-16-14-20(22-19(21-16)15-24-2)23-13-7-6-10-18(23)12-11-17-8-4-3-5-9-17/h3-5,8-9,14,18H,6-7,10-13,15H2,1-2H3. The van der Waals surface area contributed by atoms with Gasteiger partial charge >= 0.3 is 0 Å². The lowest BCUT2D eigenvalue weighted by Crippen LogP contribution is -2.40. The Morgan fingerprint density at radius 3 is 2.79 bits per heavy atom. The molecule has 0 N–H and O–H groups in total. The van der Waals surface area contributed by atoms with Crippen LogP contribution in [-0.2, 0) is 17.8 Å². The van der Waals surface area contributed by atoms with E-state index >= 15 is 0 Å². The number of hydrogen-bond acceptors (Lipinski definition) is 4. The summed E-state index contributed by atoms with van der Waals surface area (Å²) in [5.74, 6) is 1.84. The molecule has 0 amide bonds. The first-order chi connectivity index (χ1) is 11.8. The molecule has 1 aliphatic rings. The lowest BCUT2D eigenvalue weighted by Gasteiger charge is -2.37. The van der Waals surface area contributed by atoms with Gasteiger partial charge in [0.1, 0.15) is 12.4 Å². The summed E-state index contributed by atoms with van der Waals surface area (Å²) in [5.41, 5.74) is 2.43. The minimum atomic E-state index is 0.469. The van der Waals surface area contributed by atoms with E-state index in [1.807, 2.05) is 6.92 Å². The number of aryl methyl sites for hydroxylation is 2. The van der Waals surface area contributed by atoms with Crippen molar-refractivity contribution in [3.8, 4) is 0 Å². The Morgan fingerprint density at radius 2 is 2.00 bits per heavy atom. The molecule has 0 bridgehead atoms. The minimum Gasteiger partial charge on any atom is -0.377 e. The topological polar surface area (TPSA) is 38.2 Å². The van der Waals surface area contributed by atoms with Gasteiger partial charge in [0, 0.05) is 31.5 Å². The molecular weight excluding hydrogens is 298 g/mol. The summed E-state index contributed by atoms with van der Waals surface area (Å²) in [6.45, 7) is 3.59. The first-order valence-electron chi connectivity index (χ1n) is 8.90. The Morgan fingerprint density at radius 1 is 1.17 bits per heavy atom. The summed E-state index contributed by atoms with van der Waals surface area (Å²) in [4.78, 5) is 11.7. The number of hydrogen-bond donors (Lipinski definition) is 0. The molecule has 1 unspecified atom stereocenters. The van der Waals surface area contributed by atoms with Gasteiger partial charge in [0.25, 0.3) is 0 Å². The van der Waals surface area contributed by atoms with Crippen molar-refractivity contribution in [1.29, 1.82) is 0 Å². The Bertz CT molecular complexity index is 645. The Labute approximate surface area is 144 Å². The van der Waals surface area contributed by atoms with Gasteiger partial charge in [-0.2, -0.15) is 0 Å². The van der Waals surface area contributed by atoms with Gasteiger partial charge in [-0.3, -0.25) is 0 Å². The molecule has 128 valence electrons. The highest BCUT2D eigenvalue weighted by Gasteiger charge is 2.24. The average molecular weight is 325 g/mol. The maximum atomic E-state index is 5.21. The number of piperidine rings is 1. The molecule has 0 saturated carbocycles. The predicted octanol–water partition coefficient (Wildman–Crippen LogP) is 3.92. The monoisotopic (exact) mass is 325 g/mol. The van der Waals surface area contributed by atoms with Crippen LogP contribution in [0.2, 0.25) is 0 Å². The third-order valence-electron chi connectivity index (χ3n) is 4.69. The van der Waals surface area contributed by atoms with Crippen LogP contribution in [0.1, 0.15) is 42.8 Å². The second-order valence-corrected chi connectivity index (χ2v) is 6.58. The van der Waals surface area contributed by atoms with Crippen LogP contribution in [0.25, 0.3) is 0 Å². The largest absolute Gasteiger partial charge is 0.377 e. The molecule has 3 rings (SSSR count). The molecular formula is C20H27N3O. The SMILES string of the molecule is COCc1nc(C)cc(N2CCCCC2CCc2ccccc2)n1. The summed E-state index contributed by atoms with van der Waals surface area (Å²) in [5, 5.41) is 0. The van der Waals surface area contributed by atoms with Crippen LogP contribution < -0.4 is 4.90 Å². The van der Waals surface area contributed by atoms with Gasteiger partial charge in [-0.25, -0.2) is 9.97 Å². The van der Waals surface area contributed by atoms with Crippen LogP contribution in [0.15, 0.2) is 36.4 Å². The van der Waals surface area contributed by atoms with E-state index in [-0.39, 0.29) is 0 Å². The molecule has 1 aromatic carbocycles. The summed E-state index contributed by atoms with van der Waals surface area (Å²) < 4.78 is 5.21. The van der Waals surface area contributed by atoms with Crippen LogP contribution >= 0.6 is 0 Å². The normalized spacial score (nSPS) is 17.9. The summed E-state index contributed by atoms with van der Waals surface area (Å²) in [7, 11) is 1.69. The highest BCUT2D eigenvalue weighted by molar-refractivity contribution is 5.41. The smallest absolute Gasteiger partial charge is 0.156 e. The molecule has 1 fully saturated rings. The second kappa shape index (κ2) is 8.25. The first-order valence-corrected chi connectivity index (χ1v) is 8.90. The van der Waals surface area contributed by atoms with E-state index in [9.17, 15) is 0 Å². The third kappa shape index (κ3) is 4.32. The number of ether oxygens (including phenoxy) is 1. The molecule has 1 saturated heterocycles. The van der Waals surface area contributed by atoms with Crippen molar-refractivity contribution in [3.63, 3.8) is 0 Å². The van der Waals surface area contributed by atoms with Gasteiger partial charge in [0.2, 0.25) is 0 Å². The molecule has 1 atom stereocenters. The molecule has 0 spiro atoms. The van der Waals surface area contributed by atoms with E-state index < -0.39 is 0 Å². The molecule has 24 heavy (non-hydrogen) atoms. The van der Waals surface area contributed by atoms with Crippen molar-refractivity contribution < 1.29 is 4.74 Å². The van der Waals surface area contributed by atoms with Gasteiger partial charge < -0.3 is 9.64 Å². The molecule has 1 aromatic heterocycles. The van der Waals surface area contributed by atoms with Crippen LogP contribution in [0, 0.1) is 6.92 Å². The Hall–Kier alpha value is -1.94. The minimum absolute atomic E-state index is 0.469. The van der Waals surface area contributed by atoms with Crippen LogP contribution in [-0.4, -0.2) is 29.7 Å². The number of methoxy groups -OCH3 is 1. The molecule has 4 heteroatoms. The lowest BCUT2D eigenvalue weighted by molar-refractivity contribution is 0.177. The van der Waals surface area contributed by atoms with Gasteiger partial charge in [0.05, 0.1) is 0 Å². The zero-order chi connectivity index (χ0) is 16.8. The van der Waals surface area contributed by atoms with Crippen LogP contribution in [0.4, 0.5) is 5.82 Å². The van der Waals surface area contributed by atoms with Crippen LogP contribution in [0.5, 0.6) is 0 Å². The molecule has 4 nitrogen and oxygen atoms in total. The fourth-order valence-electron chi connectivity index (χ4n) is 3.53. The number of nitrogens with zero attached hydrogens (tertiary/aromatic N) is 3. The molecule has 0 radical (unpaired) electrons. The van der Waals surface area contributed by atoms with Crippen molar-refractivity contribution in [2.75, 3.05) is 18.6 Å². The fraction of sp³-hybridized carbons (Fsp3) is 0.500. The van der Waals surface area contributed by atoms with Gasteiger partial charge in [-0.05, 0) is 44.6 Å². The quantitative estimate of drug-likeness (QED) is 0.807. The fourth-order valence-corrected chi connectivity index (χ4v) is 3.53. The van der Waals surface area contributed by atoms with Crippen molar-refractivity contribution in [1.82, 2.24) is 9.97 Å². The van der Waals surface area contributed by atoms with E-state index in [0.717, 1.165) is 30.3 Å². The van der Waals surface area contributed by atoms with Crippen molar-refractivity contribution in [2.45, 2.75) is 51.7 Å². The van der Waals surface area contributed by atoms with E-state index in [2.05, 4.69) is 46.3 Å². The predicted molar refractivity (Wildman–Crippen MR) is 97.2 cm³/mol. The lowest BCUT2D eigenvalue weighted by atomic mass is 9.96. The maximum Gasteiger partial charge on any atom is 0.156 e. The highest BCUT2D eigenvalue weighted by Crippen LogP contribution is 2.26. The van der Waals surface area contributed by atoms with E-state index in [4.69, 9.17) is 9.72 Å². The zero-order valence-corrected chi connectivity index (χ0v) is 14.7. The second-order valence-electron chi connectivity index (χ2n) is 6.58. The van der Waals surface area contributed by atoms with Crippen molar-refractivity contribution in [2.24, 2.45) is 0 Å². The van der Waals surface area contributed by atoms with Crippen molar-refractivity contribution in [3.05, 3.63) is 53.5 Å². The highest BCUT2D eigenvalue weighted by atomic mass is 16.5. The molecule has 2 heterocycles. The molecule has 0 aliphatic carbocycles. The number of aromatic nitrogens is 2. The first kappa shape index (κ1) is 16.9. The number of rotatable bonds is 6. The summed E-state index contributed by atoms with van der Waals surface area (Å²) in [6.07, 6.45) is 6.09. The number of anilines is 1. The molecule has 2 aromatic rings. The Balaban J connectivity index is 1.74. The summed E-state index contributed by atoms with van der Waals surface area (Å²) >= 11 is 0. The van der Waals surface area contributed by atoms with E-state index in [1.165, 1.54) is 31.2 Å². The summed E-state index contributed by atoms with van der Waals surface area (Å²) in [6, 6.07) is 13.4. The third-order valence-corrected chi connectivity index (χ3v) is 4.69. The van der Waals surface area contributed by atoms with E-state index in [1.54, 1.807) is 7.11 Å². The van der Waals surface area contributed by atoms with Gasteiger partial charge in [-0.15, -0.1) is 0 Å². The average Bonchev–Trinajstić information content (AvgIpc) is 2.61. The maximum absolute atomic E-state index is 5.21. The zero-order valence-electron chi connectivity index (χ0n) is 14.7. The van der Waals surface area contributed by atoms with Crippen LogP contribution in [0.3, 0.4) is 0 Å². The van der Waals surface area contributed by atoms with Crippen molar-refractivity contribution >= 4 is 5.82 Å². The van der Waals surface area contributed by atoms with E-state index in [0.29, 0.717) is 12.6 Å². The van der Waals surface area contributed by atoms with Gasteiger partial charge in [0.15, 0.2) is 5.82 Å². The Kier molecular flexibility index (Phi) is 5.81.